The van der Waals surface area contributed by atoms with Crippen LogP contribution in [0.4, 0.5) is 0 Å². The molecule has 0 bridgehead atoms. The maximum absolute atomic E-state index is 10.1. The highest BCUT2D eigenvalue weighted by atomic mass is 16.5. The van der Waals surface area contributed by atoms with Crippen molar-refractivity contribution >= 4 is 0 Å². The minimum Gasteiger partial charge on any atom is -0.491 e. The number of benzene rings is 1. The van der Waals surface area contributed by atoms with Crippen molar-refractivity contribution in [2.75, 3.05) is 6.61 Å². The Kier molecular flexibility index (Phi) is 2.42. The summed E-state index contributed by atoms with van der Waals surface area (Å²) in [5.74, 6) is 0.992. The molecule has 0 spiro atoms. The molecule has 0 fully saturated rings. The maximum Gasteiger partial charge on any atom is 0.124 e. The number of aliphatic hydroxyl groups excluding tert-OH is 1. The lowest BCUT2D eigenvalue weighted by Crippen LogP contribution is -2.17. The number of ether oxygens (including phenoxy) is 1. The minimum atomic E-state index is -0.289. The van der Waals surface area contributed by atoms with Gasteiger partial charge in [-0.15, -0.1) is 0 Å². The summed E-state index contributed by atoms with van der Waals surface area (Å²) in [7, 11) is 0. The third-order valence-corrected chi connectivity index (χ3v) is 4.32. The van der Waals surface area contributed by atoms with Crippen molar-refractivity contribution in [3.63, 3.8) is 0 Å². The van der Waals surface area contributed by atoms with Gasteiger partial charge in [0.05, 0.1) is 12.1 Å². The van der Waals surface area contributed by atoms with Crippen LogP contribution in [0.25, 0.3) is 0 Å². The molecule has 1 aliphatic heterocycles. The summed E-state index contributed by atoms with van der Waals surface area (Å²) >= 11 is 0. The molecule has 98 valence electrons. The number of hydrogen-bond acceptors (Lipinski definition) is 2. The predicted octanol–water partition coefficient (Wildman–Crippen LogP) is 2.84. The summed E-state index contributed by atoms with van der Waals surface area (Å²) in [6.45, 7) is 0.691. The largest absolute Gasteiger partial charge is 0.491 e. The first-order valence-corrected chi connectivity index (χ1v) is 6.94. The quantitative estimate of drug-likeness (QED) is 0.850. The van der Waals surface area contributed by atoms with Gasteiger partial charge in [0.1, 0.15) is 12.4 Å². The van der Waals surface area contributed by atoms with Crippen molar-refractivity contribution in [3.8, 4) is 5.75 Å². The topological polar surface area (TPSA) is 34.4 Å². The van der Waals surface area contributed by atoms with Crippen molar-refractivity contribution in [2.45, 2.75) is 31.4 Å². The summed E-state index contributed by atoms with van der Waals surface area (Å²) in [6, 6.07) is 10.6. The molecular weight excluding hydrogens is 238 g/mol. The smallest absolute Gasteiger partial charge is 0.124 e. The molecule has 0 amide bonds. The first-order valence-electron chi connectivity index (χ1n) is 6.94. The van der Waals surface area contributed by atoms with Crippen LogP contribution in [0.5, 0.6) is 5.75 Å². The Hall–Kier alpha value is -1.74. The van der Waals surface area contributed by atoms with Gasteiger partial charge in [0.15, 0.2) is 0 Å². The van der Waals surface area contributed by atoms with Crippen LogP contribution in [-0.4, -0.2) is 16.3 Å². The molecule has 4 rings (SSSR count). The molecule has 2 aromatic rings. The number of aliphatic hydroxyl groups is 1. The zero-order valence-electron chi connectivity index (χ0n) is 10.7. The minimum absolute atomic E-state index is 0.255. The number of para-hydroxylation sites is 1. The van der Waals surface area contributed by atoms with E-state index in [0.29, 0.717) is 6.61 Å². The number of aromatic nitrogens is 1. The fourth-order valence-electron chi connectivity index (χ4n) is 3.36. The third-order valence-electron chi connectivity index (χ3n) is 4.32. The van der Waals surface area contributed by atoms with Crippen LogP contribution in [0.3, 0.4) is 0 Å². The molecule has 0 radical (unpaired) electrons. The lowest BCUT2D eigenvalue weighted by Gasteiger charge is -2.22. The van der Waals surface area contributed by atoms with Gasteiger partial charge in [-0.1, -0.05) is 18.2 Å². The van der Waals surface area contributed by atoms with Crippen LogP contribution in [0.1, 0.15) is 41.8 Å². The molecule has 19 heavy (non-hydrogen) atoms. The normalized spacial score (nSPS) is 24.7. The number of fused-ring (bicyclic) bond motifs is 2. The highest BCUT2D eigenvalue weighted by Gasteiger charge is 2.29. The second-order valence-corrected chi connectivity index (χ2v) is 5.40. The molecule has 0 saturated carbocycles. The van der Waals surface area contributed by atoms with Crippen LogP contribution in [0.2, 0.25) is 0 Å². The molecule has 2 aliphatic rings. The van der Waals surface area contributed by atoms with E-state index in [1.807, 2.05) is 12.1 Å². The van der Waals surface area contributed by atoms with Crippen LogP contribution < -0.4 is 4.74 Å². The second kappa shape index (κ2) is 4.14. The van der Waals surface area contributed by atoms with Gasteiger partial charge < -0.3 is 14.4 Å². The van der Waals surface area contributed by atoms with E-state index >= 15 is 0 Å². The fourth-order valence-corrected chi connectivity index (χ4v) is 3.36. The molecule has 1 aliphatic carbocycles. The van der Waals surface area contributed by atoms with Crippen molar-refractivity contribution in [1.82, 2.24) is 4.57 Å². The van der Waals surface area contributed by atoms with E-state index in [1.165, 1.54) is 11.3 Å². The molecule has 2 unspecified atom stereocenters. The average molecular weight is 255 g/mol. The predicted molar refractivity (Wildman–Crippen MR) is 72.4 cm³/mol. The van der Waals surface area contributed by atoms with E-state index in [2.05, 4.69) is 29.0 Å². The zero-order chi connectivity index (χ0) is 12.8. The second-order valence-electron chi connectivity index (χ2n) is 5.40. The summed E-state index contributed by atoms with van der Waals surface area (Å²) in [4.78, 5) is 0. The van der Waals surface area contributed by atoms with Gasteiger partial charge in [-0.05, 0) is 31.4 Å². The van der Waals surface area contributed by atoms with E-state index in [9.17, 15) is 5.11 Å². The molecular formula is C16H17NO2. The molecule has 2 atom stereocenters. The van der Waals surface area contributed by atoms with Crippen LogP contribution in [0, 0.1) is 0 Å². The first kappa shape index (κ1) is 11.1. The SMILES string of the molecule is OC1CCCc2c1ccn2C1COc2ccccc21. The summed E-state index contributed by atoms with van der Waals surface area (Å²) in [5.41, 5.74) is 3.64. The van der Waals surface area contributed by atoms with Gasteiger partial charge in [0.2, 0.25) is 0 Å². The monoisotopic (exact) mass is 255 g/mol. The van der Waals surface area contributed by atoms with Gasteiger partial charge in [0, 0.05) is 23.0 Å². The van der Waals surface area contributed by atoms with Gasteiger partial charge in [0.25, 0.3) is 0 Å². The maximum atomic E-state index is 10.1. The molecule has 2 heterocycles. The fraction of sp³-hybridized carbons (Fsp3) is 0.375. The molecule has 3 heteroatoms. The highest BCUT2D eigenvalue weighted by Crippen LogP contribution is 2.38. The van der Waals surface area contributed by atoms with Gasteiger partial charge in [-0.25, -0.2) is 0 Å². The molecule has 1 aromatic carbocycles. The zero-order valence-corrected chi connectivity index (χ0v) is 10.7. The molecule has 1 N–H and O–H groups in total. The lowest BCUT2D eigenvalue weighted by atomic mass is 9.95. The number of rotatable bonds is 1. The highest BCUT2D eigenvalue weighted by molar-refractivity contribution is 5.41. The Balaban J connectivity index is 1.79. The first-order chi connectivity index (χ1) is 9.34. The Morgan fingerprint density at radius 3 is 3.00 bits per heavy atom. The Morgan fingerprint density at radius 2 is 2.05 bits per heavy atom. The number of nitrogens with zero attached hydrogens (tertiary/aromatic N) is 1. The van der Waals surface area contributed by atoms with Crippen molar-refractivity contribution in [2.24, 2.45) is 0 Å². The third kappa shape index (κ3) is 1.61. The van der Waals surface area contributed by atoms with Gasteiger partial charge in [-0.2, -0.15) is 0 Å². The van der Waals surface area contributed by atoms with Crippen molar-refractivity contribution in [3.05, 3.63) is 53.3 Å². The van der Waals surface area contributed by atoms with Crippen molar-refractivity contribution in [1.29, 1.82) is 0 Å². The Bertz CT molecular complexity index is 617. The summed E-state index contributed by atoms with van der Waals surface area (Å²) in [5, 5.41) is 10.1. The van der Waals surface area contributed by atoms with Crippen LogP contribution >= 0.6 is 0 Å². The van der Waals surface area contributed by atoms with Crippen LogP contribution in [0.15, 0.2) is 36.5 Å². The van der Waals surface area contributed by atoms with E-state index < -0.39 is 0 Å². The standard InChI is InChI=1S/C16H17NO2/c18-15-6-3-5-13-11(15)8-9-17(13)14-10-19-16-7-2-1-4-12(14)16/h1-2,4,7-9,14-15,18H,3,5-6,10H2. The summed E-state index contributed by atoms with van der Waals surface area (Å²) < 4.78 is 8.06. The Morgan fingerprint density at radius 1 is 1.16 bits per heavy atom. The average Bonchev–Trinajstić information content (AvgIpc) is 3.02. The summed E-state index contributed by atoms with van der Waals surface area (Å²) in [6.07, 6.45) is 4.82. The van der Waals surface area contributed by atoms with E-state index in [-0.39, 0.29) is 12.1 Å². The molecule has 3 nitrogen and oxygen atoms in total. The van der Waals surface area contributed by atoms with E-state index in [4.69, 9.17) is 4.74 Å². The lowest BCUT2D eigenvalue weighted by molar-refractivity contribution is 0.155. The van der Waals surface area contributed by atoms with E-state index in [1.54, 1.807) is 0 Å². The molecule has 0 saturated heterocycles. The van der Waals surface area contributed by atoms with E-state index in [0.717, 1.165) is 30.6 Å². The van der Waals surface area contributed by atoms with Crippen LogP contribution in [-0.2, 0) is 6.42 Å². The Labute approximate surface area is 112 Å². The van der Waals surface area contributed by atoms with Crippen molar-refractivity contribution < 1.29 is 9.84 Å². The van der Waals surface area contributed by atoms with Gasteiger partial charge >= 0.3 is 0 Å². The number of hydrogen-bond donors (Lipinski definition) is 1. The molecule has 1 aromatic heterocycles. The van der Waals surface area contributed by atoms with Gasteiger partial charge in [-0.3, -0.25) is 0 Å².